The summed E-state index contributed by atoms with van der Waals surface area (Å²) in [6, 6.07) is 5.54. The molecule has 1 amide bonds. The van der Waals surface area contributed by atoms with E-state index < -0.39 is 0 Å². The van der Waals surface area contributed by atoms with Gasteiger partial charge in [-0.05, 0) is 37.5 Å². The molecule has 1 aliphatic rings. The van der Waals surface area contributed by atoms with Crippen LogP contribution in [0.3, 0.4) is 0 Å². The Bertz CT molecular complexity index is 833. The summed E-state index contributed by atoms with van der Waals surface area (Å²) in [5.74, 6) is 0.627. The van der Waals surface area contributed by atoms with E-state index in [1.165, 1.54) is 0 Å². The highest BCUT2D eigenvalue weighted by Gasteiger charge is 2.31. The number of rotatable bonds is 4. The van der Waals surface area contributed by atoms with Crippen molar-refractivity contribution in [1.29, 1.82) is 0 Å². The van der Waals surface area contributed by atoms with Gasteiger partial charge in [-0.3, -0.25) is 14.6 Å². The van der Waals surface area contributed by atoms with E-state index in [4.69, 9.17) is 4.42 Å². The molecule has 0 aliphatic carbocycles. The number of aromatic nitrogens is 4. The van der Waals surface area contributed by atoms with E-state index in [1.807, 2.05) is 35.0 Å². The quantitative estimate of drug-likeness (QED) is 0.799. The van der Waals surface area contributed by atoms with Crippen molar-refractivity contribution in [3.8, 4) is 11.5 Å². The summed E-state index contributed by atoms with van der Waals surface area (Å²) in [4.78, 5) is 14.7. The van der Waals surface area contributed by atoms with Crippen LogP contribution in [0.4, 0.5) is 0 Å². The lowest BCUT2D eigenvalue weighted by Gasteiger charge is -2.23. The number of amides is 1. The predicted octanol–water partition coefficient (Wildman–Crippen LogP) is 2.48. The van der Waals surface area contributed by atoms with Crippen molar-refractivity contribution in [3.63, 3.8) is 0 Å². The Morgan fingerprint density at radius 3 is 3.17 bits per heavy atom. The monoisotopic (exact) mass is 325 g/mol. The first-order chi connectivity index (χ1) is 11.7. The number of nitrogens with zero attached hydrogens (tertiary/aromatic N) is 4. The number of carbonyl (C=O) groups excluding carboxylic acids is 1. The van der Waals surface area contributed by atoms with E-state index in [0.717, 1.165) is 31.5 Å². The maximum atomic E-state index is 12.8. The molecular weight excluding hydrogens is 306 g/mol. The Labute approximate surface area is 139 Å². The summed E-state index contributed by atoms with van der Waals surface area (Å²) in [5.41, 5.74) is 2.26. The van der Waals surface area contributed by atoms with Crippen LogP contribution in [-0.4, -0.2) is 43.4 Å². The molecule has 1 atom stereocenters. The van der Waals surface area contributed by atoms with Gasteiger partial charge in [0.2, 0.25) is 0 Å². The molecule has 1 N–H and O–H groups in total. The van der Waals surface area contributed by atoms with Crippen molar-refractivity contribution in [2.24, 2.45) is 0 Å². The zero-order chi connectivity index (χ0) is 16.5. The Balaban J connectivity index is 1.50. The molecule has 0 radical (unpaired) electrons. The number of aryl methyl sites for hydroxylation is 1. The Kier molecular flexibility index (Phi) is 3.68. The second kappa shape index (κ2) is 5.99. The third-order valence-electron chi connectivity index (χ3n) is 4.38. The third-order valence-corrected chi connectivity index (χ3v) is 4.38. The van der Waals surface area contributed by atoms with Crippen molar-refractivity contribution in [1.82, 2.24) is 24.9 Å². The van der Waals surface area contributed by atoms with Gasteiger partial charge in [0.15, 0.2) is 11.5 Å². The van der Waals surface area contributed by atoms with Crippen LogP contribution in [0.5, 0.6) is 0 Å². The van der Waals surface area contributed by atoms with Crippen LogP contribution < -0.4 is 0 Å². The van der Waals surface area contributed by atoms with Gasteiger partial charge in [0.25, 0.3) is 5.91 Å². The van der Waals surface area contributed by atoms with Crippen LogP contribution in [-0.2, 0) is 6.54 Å². The number of hydrogen-bond acceptors (Lipinski definition) is 4. The SMILES string of the molecule is Cc1cnn(C[C@H]2CCCN2C(=O)c2cc(-c3ccco3)[nH]n2)c1. The van der Waals surface area contributed by atoms with Crippen molar-refractivity contribution >= 4 is 5.91 Å². The first-order valence-electron chi connectivity index (χ1n) is 8.10. The number of hydrogen-bond donors (Lipinski definition) is 1. The van der Waals surface area contributed by atoms with Gasteiger partial charge in [-0.1, -0.05) is 0 Å². The van der Waals surface area contributed by atoms with E-state index >= 15 is 0 Å². The lowest BCUT2D eigenvalue weighted by atomic mass is 10.2. The molecule has 124 valence electrons. The highest BCUT2D eigenvalue weighted by molar-refractivity contribution is 5.93. The zero-order valence-corrected chi connectivity index (χ0v) is 13.5. The van der Waals surface area contributed by atoms with Crippen molar-refractivity contribution in [3.05, 3.63) is 48.1 Å². The zero-order valence-electron chi connectivity index (χ0n) is 13.5. The summed E-state index contributed by atoms with van der Waals surface area (Å²) in [5, 5.41) is 11.4. The smallest absolute Gasteiger partial charge is 0.274 e. The second-order valence-electron chi connectivity index (χ2n) is 6.18. The van der Waals surface area contributed by atoms with E-state index in [-0.39, 0.29) is 11.9 Å². The number of furan rings is 1. The molecule has 3 aromatic rings. The van der Waals surface area contributed by atoms with Gasteiger partial charge in [0.1, 0.15) is 5.69 Å². The van der Waals surface area contributed by atoms with E-state index in [9.17, 15) is 4.79 Å². The molecule has 3 aromatic heterocycles. The van der Waals surface area contributed by atoms with Gasteiger partial charge in [-0.2, -0.15) is 10.2 Å². The average Bonchev–Trinajstić information content (AvgIpc) is 3.35. The molecule has 0 bridgehead atoms. The molecule has 1 aliphatic heterocycles. The fraction of sp³-hybridized carbons (Fsp3) is 0.353. The molecule has 24 heavy (non-hydrogen) atoms. The van der Waals surface area contributed by atoms with Gasteiger partial charge in [0.05, 0.1) is 25.0 Å². The minimum atomic E-state index is -0.0459. The second-order valence-corrected chi connectivity index (χ2v) is 6.18. The molecule has 0 aromatic carbocycles. The number of aromatic amines is 1. The minimum absolute atomic E-state index is 0.0459. The molecule has 1 saturated heterocycles. The van der Waals surface area contributed by atoms with Crippen molar-refractivity contribution < 1.29 is 9.21 Å². The van der Waals surface area contributed by atoms with Crippen molar-refractivity contribution in [2.45, 2.75) is 32.4 Å². The fourth-order valence-electron chi connectivity index (χ4n) is 3.21. The largest absolute Gasteiger partial charge is 0.463 e. The standard InChI is InChI=1S/C17H19N5O2/c1-12-9-18-21(10-12)11-13-4-2-6-22(13)17(23)15-8-14(19-20-15)16-5-3-7-24-16/h3,5,7-10,13H,2,4,6,11H2,1H3,(H,19,20)/t13-/m1/s1. The summed E-state index contributed by atoms with van der Waals surface area (Å²) in [6.45, 7) is 3.49. The minimum Gasteiger partial charge on any atom is -0.463 e. The lowest BCUT2D eigenvalue weighted by Crippen LogP contribution is -2.38. The highest BCUT2D eigenvalue weighted by Crippen LogP contribution is 2.23. The topological polar surface area (TPSA) is 80.0 Å². The third kappa shape index (κ3) is 2.73. The molecule has 1 fully saturated rings. The normalized spacial score (nSPS) is 17.5. The van der Waals surface area contributed by atoms with Gasteiger partial charge in [-0.25, -0.2) is 0 Å². The number of carbonyl (C=O) groups is 1. The summed E-state index contributed by atoms with van der Waals surface area (Å²) in [6.07, 6.45) is 7.43. The first kappa shape index (κ1) is 14.7. The molecule has 0 saturated carbocycles. The summed E-state index contributed by atoms with van der Waals surface area (Å²) in [7, 11) is 0. The van der Waals surface area contributed by atoms with Crippen LogP contribution in [0.2, 0.25) is 0 Å². The summed E-state index contributed by atoms with van der Waals surface area (Å²) >= 11 is 0. The lowest BCUT2D eigenvalue weighted by molar-refractivity contribution is 0.0715. The van der Waals surface area contributed by atoms with Crippen LogP contribution in [0, 0.1) is 6.92 Å². The number of likely N-dealkylation sites (tertiary alicyclic amines) is 1. The van der Waals surface area contributed by atoms with Crippen LogP contribution in [0.15, 0.2) is 41.3 Å². The van der Waals surface area contributed by atoms with Crippen LogP contribution >= 0.6 is 0 Å². The van der Waals surface area contributed by atoms with Crippen molar-refractivity contribution in [2.75, 3.05) is 6.54 Å². The maximum absolute atomic E-state index is 12.8. The summed E-state index contributed by atoms with van der Waals surface area (Å²) < 4.78 is 7.24. The average molecular weight is 325 g/mol. The highest BCUT2D eigenvalue weighted by atomic mass is 16.3. The number of H-pyrrole nitrogens is 1. The predicted molar refractivity (Wildman–Crippen MR) is 87.3 cm³/mol. The van der Waals surface area contributed by atoms with E-state index in [2.05, 4.69) is 15.3 Å². The molecule has 0 unspecified atom stereocenters. The van der Waals surface area contributed by atoms with Crippen LogP contribution in [0.25, 0.3) is 11.5 Å². The van der Waals surface area contributed by atoms with Gasteiger partial charge >= 0.3 is 0 Å². The van der Waals surface area contributed by atoms with Gasteiger partial charge in [-0.15, -0.1) is 0 Å². The van der Waals surface area contributed by atoms with Gasteiger partial charge < -0.3 is 9.32 Å². The molecule has 0 spiro atoms. The van der Waals surface area contributed by atoms with Gasteiger partial charge in [0, 0.05) is 18.8 Å². The molecule has 4 heterocycles. The molecule has 4 rings (SSSR count). The molecule has 7 nitrogen and oxygen atoms in total. The Morgan fingerprint density at radius 1 is 1.50 bits per heavy atom. The molecule has 7 heteroatoms. The maximum Gasteiger partial charge on any atom is 0.274 e. The Hall–Kier alpha value is -2.83. The van der Waals surface area contributed by atoms with E-state index in [0.29, 0.717) is 17.1 Å². The Morgan fingerprint density at radius 2 is 2.42 bits per heavy atom. The van der Waals surface area contributed by atoms with E-state index in [1.54, 1.807) is 18.4 Å². The first-order valence-corrected chi connectivity index (χ1v) is 8.10. The molecular formula is C17H19N5O2. The van der Waals surface area contributed by atoms with Crippen LogP contribution in [0.1, 0.15) is 28.9 Å². The fourth-order valence-corrected chi connectivity index (χ4v) is 3.21. The number of nitrogens with one attached hydrogen (secondary N) is 1.